The van der Waals surface area contributed by atoms with E-state index in [-0.39, 0.29) is 6.10 Å². The SMILES string of the molecule is CC1OCCC1N1CCCc2c(C(=O)O)cccc21. The number of aromatic carboxylic acids is 1. The first-order chi connectivity index (χ1) is 9.18. The Morgan fingerprint density at radius 1 is 1.47 bits per heavy atom. The van der Waals surface area contributed by atoms with Crippen LogP contribution in [0.15, 0.2) is 18.2 Å². The highest BCUT2D eigenvalue weighted by Gasteiger charge is 2.33. The zero-order chi connectivity index (χ0) is 13.4. The summed E-state index contributed by atoms with van der Waals surface area (Å²) in [6, 6.07) is 5.98. The number of anilines is 1. The van der Waals surface area contributed by atoms with E-state index in [9.17, 15) is 9.90 Å². The van der Waals surface area contributed by atoms with E-state index in [2.05, 4.69) is 11.8 Å². The zero-order valence-corrected chi connectivity index (χ0v) is 11.1. The lowest BCUT2D eigenvalue weighted by atomic mass is 9.94. The molecule has 4 nitrogen and oxygen atoms in total. The van der Waals surface area contributed by atoms with Gasteiger partial charge in [-0.15, -0.1) is 0 Å². The van der Waals surface area contributed by atoms with E-state index in [1.165, 1.54) is 0 Å². The lowest BCUT2D eigenvalue weighted by Crippen LogP contribution is -2.43. The number of nitrogens with zero attached hydrogens (tertiary/aromatic N) is 1. The number of ether oxygens (including phenoxy) is 1. The van der Waals surface area contributed by atoms with Gasteiger partial charge in [-0.1, -0.05) is 6.07 Å². The smallest absolute Gasteiger partial charge is 0.336 e. The molecule has 19 heavy (non-hydrogen) atoms. The van der Waals surface area contributed by atoms with Crippen molar-refractivity contribution < 1.29 is 14.6 Å². The number of fused-ring (bicyclic) bond motifs is 1. The normalized spacial score (nSPS) is 26.3. The lowest BCUT2D eigenvalue weighted by Gasteiger charge is -2.37. The van der Waals surface area contributed by atoms with E-state index in [1.54, 1.807) is 6.07 Å². The molecule has 1 aromatic carbocycles. The number of hydrogen-bond donors (Lipinski definition) is 1. The summed E-state index contributed by atoms with van der Waals surface area (Å²) in [4.78, 5) is 13.7. The summed E-state index contributed by atoms with van der Waals surface area (Å²) in [6.45, 7) is 3.90. The Morgan fingerprint density at radius 3 is 3.00 bits per heavy atom. The van der Waals surface area contributed by atoms with Crippen LogP contribution in [0.2, 0.25) is 0 Å². The van der Waals surface area contributed by atoms with E-state index in [4.69, 9.17) is 4.74 Å². The predicted octanol–water partition coefficient (Wildman–Crippen LogP) is 2.31. The van der Waals surface area contributed by atoms with Crippen LogP contribution in [-0.4, -0.2) is 36.4 Å². The van der Waals surface area contributed by atoms with Gasteiger partial charge in [-0.25, -0.2) is 4.79 Å². The van der Waals surface area contributed by atoms with Gasteiger partial charge in [0.05, 0.1) is 17.7 Å². The quantitative estimate of drug-likeness (QED) is 0.887. The second-order valence-electron chi connectivity index (χ2n) is 5.34. The van der Waals surface area contributed by atoms with Crippen molar-refractivity contribution in [1.29, 1.82) is 0 Å². The van der Waals surface area contributed by atoms with E-state index >= 15 is 0 Å². The largest absolute Gasteiger partial charge is 0.478 e. The maximum atomic E-state index is 11.3. The first kappa shape index (κ1) is 12.5. The molecule has 2 aliphatic rings. The van der Waals surface area contributed by atoms with Crippen LogP contribution >= 0.6 is 0 Å². The Kier molecular flexibility index (Phi) is 3.19. The second-order valence-corrected chi connectivity index (χ2v) is 5.34. The minimum Gasteiger partial charge on any atom is -0.478 e. The molecule has 2 atom stereocenters. The highest BCUT2D eigenvalue weighted by Crippen LogP contribution is 2.34. The molecule has 0 saturated carbocycles. The molecule has 2 unspecified atom stereocenters. The molecule has 0 aliphatic carbocycles. The number of carboxylic acids is 1. The van der Waals surface area contributed by atoms with Crippen molar-refractivity contribution in [3.05, 3.63) is 29.3 Å². The van der Waals surface area contributed by atoms with Crippen molar-refractivity contribution in [1.82, 2.24) is 0 Å². The van der Waals surface area contributed by atoms with E-state index < -0.39 is 5.97 Å². The molecule has 0 amide bonds. The number of carbonyl (C=O) groups is 1. The molecular formula is C15H19NO3. The number of benzene rings is 1. The maximum absolute atomic E-state index is 11.3. The molecule has 0 spiro atoms. The Hall–Kier alpha value is -1.55. The number of carboxylic acid groups (broad SMARTS) is 1. The molecule has 1 fully saturated rings. The number of rotatable bonds is 2. The molecule has 1 saturated heterocycles. The van der Waals surface area contributed by atoms with E-state index in [1.807, 2.05) is 12.1 Å². The first-order valence-corrected chi connectivity index (χ1v) is 6.92. The third kappa shape index (κ3) is 2.10. The highest BCUT2D eigenvalue weighted by atomic mass is 16.5. The molecule has 2 heterocycles. The minimum absolute atomic E-state index is 0.222. The van der Waals surface area contributed by atoms with Crippen LogP contribution in [0.5, 0.6) is 0 Å². The molecular weight excluding hydrogens is 242 g/mol. The van der Waals surface area contributed by atoms with Crippen molar-refractivity contribution >= 4 is 11.7 Å². The van der Waals surface area contributed by atoms with Crippen LogP contribution < -0.4 is 4.90 Å². The van der Waals surface area contributed by atoms with Gasteiger partial charge in [-0.05, 0) is 43.9 Å². The Bertz CT molecular complexity index is 500. The summed E-state index contributed by atoms with van der Waals surface area (Å²) in [5.41, 5.74) is 2.53. The van der Waals surface area contributed by atoms with Gasteiger partial charge in [0.25, 0.3) is 0 Å². The van der Waals surface area contributed by atoms with Gasteiger partial charge in [-0.2, -0.15) is 0 Å². The van der Waals surface area contributed by atoms with Crippen molar-refractivity contribution in [2.45, 2.75) is 38.3 Å². The standard InChI is InChI=1S/C15H19NO3/c1-10-13(7-9-19-10)16-8-3-5-11-12(15(17)18)4-2-6-14(11)16/h2,4,6,10,13H,3,5,7-9H2,1H3,(H,17,18). The van der Waals surface area contributed by atoms with Crippen molar-refractivity contribution in [2.24, 2.45) is 0 Å². The van der Waals surface area contributed by atoms with Crippen molar-refractivity contribution in [2.75, 3.05) is 18.1 Å². The van der Waals surface area contributed by atoms with Gasteiger partial charge in [0.15, 0.2) is 0 Å². The number of hydrogen-bond acceptors (Lipinski definition) is 3. The molecule has 102 valence electrons. The predicted molar refractivity (Wildman–Crippen MR) is 72.9 cm³/mol. The molecule has 4 heteroatoms. The second kappa shape index (κ2) is 4.85. The van der Waals surface area contributed by atoms with Crippen LogP contribution in [0.4, 0.5) is 5.69 Å². The third-order valence-corrected chi connectivity index (χ3v) is 4.25. The van der Waals surface area contributed by atoms with Crippen molar-refractivity contribution in [3.63, 3.8) is 0 Å². The lowest BCUT2D eigenvalue weighted by molar-refractivity contribution is 0.0695. The summed E-state index contributed by atoms with van der Waals surface area (Å²) in [7, 11) is 0. The topological polar surface area (TPSA) is 49.8 Å². The molecule has 2 aliphatic heterocycles. The van der Waals surface area contributed by atoms with Gasteiger partial charge in [0.2, 0.25) is 0 Å². The van der Waals surface area contributed by atoms with Gasteiger partial charge in [-0.3, -0.25) is 0 Å². The highest BCUT2D eigenvalue weighted by molar-refractivity contribution is 5.91. The summed E-state index contributed by atoms with van der Waals surface area (Å²) in [6.07, 6.45) is 3.12. The fraction of sp³-hybridized carbons (Fsp3) is 0.533. The van der Waals surface area contributed by atoms with Crippen molar-refractivity contribution in [3.8, 4) is 0 Å². The monoisotopic (exact) mass is 261 g/mol. The van der Waals surface area contributed by atoms with E-state index in [0.717, 1.165) is 43.7 Å². The maximum Gasteiger partial charge on any atom is 0.336 e. The Labute approximate surface area is 113 Å². The Morgan fingerprint density at radius 2 is 2.32 bits per heavy atom. The zero-order valence-electron chi connectivity index (χ0n) is 11.1. The van der Waals surface area contributed by atoms with Crippen LogP contribution in [0.1, 0.15) is 35.7 Å². The minimum atomic E-state index is -0.825. The summed E-state index contributed by atoms with van der Waals surface area (Å²) >= 11 is 0. The summed E-state index contributed by atoms with van der Waals surface area (Å²) in [5.74, 6) is -0.825. The van der Waals surface area contributed by atoms with Crippen LogP contribution in [0, 0.1) is 0 Å². The molecule has 1 aromatic rings. The molecule has 0 aromatic heterocycles. The third-order valence-electron chi connectivity index (χ3n) is 4.25. The van der Waals surface area contributed by atoms with Gasteiger partial charge >= 0.3 is 5.97 Å². The Balaban J connectivity index is 2.00. The molecule has 1 N–H and O–H groups in total. The van der Waals surface area contributed by atoms with Gasteiger partial charge in [0, 0.05) is 18.8 Å². The fourth-order valence-corrected chi connectivity index (χ4v) is 3.33. The molecule has 0 bridgehead atoms. The van der Waals surface area contributed by atoms with Crippen LogP contribution in [0.25, 0.3) is 0 Å². The van der Waals surface area contributed by atoms with E-state index in [0.29, 0.717) is 11.6 Å². The summed E-state index contributed by atoms with van der Waals surface area (Å²) < 4.78 is 5.65. The average molecular weight is 261 g/mol. The fourth-order valence-electron chi connectivity index (χ4n) is 3.33. The van der Waals surface area contributed by atoms with Crippen LogP contribution in [0.3, 0.4) is 0 Å². The first-order valence-electron chi connectivity index (χ1n) is 6.92. The average Bonchev–Trinajstić information content (AvgIpc) is 2.83. The molecule has 3 rings (SSSR count). The molecule has 0 radical (unpaired) electrons. The van der Waals surface area contributed by atoms with Crippen LogP contribution in [-0.2, 0) is 11.2 Å². The summed E-state index contributed by atoms with van der Waals surface area (Å²) in [5, 5.41) is 9.30. The van der Waals surface area contributed by atoms with Gasteiger partial charge < -0.3 is 14.7 Å². The van der Waals surface area contributed by atoms with Gasteiger partial charge in [0.1, 0.15) is 0 Å².